The van der Waals surface area contributed by atoms with Gasteiger partial charge in [0.25, 0.3) is 0 Å². The van der Waals surface area contributed by atoms with Crippen molar-refractivity contribution in [2.45, 2.75) is 5.41 Å². The molecule has 2 N–H and O–H groups in total. The SMILES string of the molecule is OCC1(c2nccc(-c3ccc[nH]3)n2)COC1. The molecule has 2 aromatic rings. The van der Waals surface area contributed by atoms with Crippen LogP contribution in [0.15, 0.2) is 30.6 Å². The minimum absolute atomic E-state index is 0.0151. The quantitative estimate of drug-likeness (QED) is 0.817. The summed E-state index contributed by atoms with van der Waals surface area (Å²) in [6, 6.07) is 5.72. The fraction of sp³-hybridized carbons (Fsp3) is 0.333. The molecule has 0 aromatic carbocycles. The smallest absolute Gasteiger partial charge is 0.142 e. The number of aromatic amines is 1. The van der Waals surface area contributed by atoms with Crippen LogP contribution in [0.2, 0.25) is 0 Å². The van der Waals surface area contributed by atoms with E-state index in [4.69, 9.17) is 4.74 Å². The van der Waals surface area contributed by atoms with Gasteiger partial charge in [0, 0.05) is 12.4 Å². The summed E-state index contributed by atoms with van der Waals surface area (Å²) in [7, 11) is 0. The van der Waals surface area contributed by atoms with E-state index in [1.165, 1.54) is 0 Å². The van der Waals surface area contributed by atoms with Crippen molar-refractivity contribution < 1.29 is 9.84 Å². The first kappa shape index (κ1) is 10.4. The summed E-state index contributed by atoms with van der Waals surface area (Å²) in [5.41, 5.74) is 1.37. The van der Waals surface area contributed by atoms with E-state index in [1.54, 1.807) is 6.20 Å². The highest BCUT2D eigenvalue weighted by molar-refractivity contribution is 5.53. The molecule has 5 nitrogen and oxygen atoms in total. The maximum absolute atomic E-state index is 9.44. The lowest BCUT2D eigenvalue weighted by Gasteiger charge is -2.38. The summed E-state index contributed by atoms with van der Waals surface area (Å²) in [4.78, 5) is 11.8. The van der Waals surface area contributed by atoms with Crippen LogP contribution in [0.5, 0.6) is 0 Å². The Morgan fingerprint density at radius 2 is 2.29 bits per heavy atom. The lowest BCUT2D eigenvalue weighted by molar-refractivity contribution is -0.0883. The molecule has 0 radical (unpaired) electrons. The normalized spacial score (nSPS) is 17.7. The molecular formula is C12H13N3O2. The first-order valence-electron chi connectivity index (χ1n) is 5.50. The predicted octanol–water partition coefficient (Wildman–Crippen LogP) is 0.732. The molecule has 1 saturated heterocycles. The second-order valence-electron chi connectivity index (χ2n) is 4.28. The van der Waals surface area contributed by atoms with Gasteiger partial charge in [-0.1, -0.05) is 0 Å². The Labute approximate surface area is 98.5 Å². The Morgan fingerprint density at radius 1 is 1.41 bits per heavy atom. The van der Waals surface area contributed by atoms with Crippen molar-refractivity contribution in [3.8, 4) is 11.4 Å². The number of nitrogens with zero attached hydrogens (tertiary/aromatic N) is 2. The molecule has 3 heterocycles. The molecule has 0 unspecified atom stereocenters. The molecule has 2 aromatic heterocycles. The van der Waals surface area contributed by atoms with Crippen molar-refractivity contribution in [1.29, 1.82) is 0 Å². The van der Waals surface area contributed by atoms with Gasteiger partial charge in [-0.15, -0.1) is 0 Å². The zero-order chi connectivity index (χ0) is 11.7. The summed E-state index contributed by atoms with van der Waals surface area (Å²) in [5, 5.41) is 9.44. The van der Waals surface area contributed by atoms with Gasteiger partial charge < -0.3 is 14.8 Å². The van der Waals surface area contributed by atoms with Gasteiger partial charge in [-0.05, 0) is 18.2 Å². The zero-order valence-electron chi connectivity index (χ0n) is 9.26. The summed E-state index contributed by atoms with van der Waals surface area (Å²) in [6.07, 6.45) is 3.57. The van der Waals surface area contributed by atoms with Gasteiger partial charge in [0.05, 0.1) is 36.6 Å². The van der Waals surface area contributed by atoms with Crippen LogP contribution in [-0.2, 0) is 10.2 Å². The first-order chi connectivity index (χ1) is 8.34. The molecule has 0 aliphatic carbocycles. The van der Waals surface area contributed by atoms with Gasteiger partial charge in [0.2, 0.25) is 0 Å². The molecule has 0 spiro atoms. The van der Waals surface area contributed by atoms with Crippen molar-refractivity contribution in [2.24, 2.45) is 0 Å². The third-order valence-electron chi connectivity index (χ3n) is 3.06. The highest BCUT2D eigenvalue weighted by Crippen LogP contribution is 2.30. The molecule has 0 saturated carbocycles. The Morgan fingerprint density at radius 3 is 2.88 bits per heavy atom. The van der Waals surface area contributed by atoms with Crippen molar-refractivity contribution in [3.05, 3.63) is 36.4 Å². The Bertz CT molecular complexity index is 501. The largest absolute Gasteiger partial charge is 0.395 e. The topological polar surface area (TPSA) is 71.0 Å². The highest BCUT2D eigenvalue weighted by Gasteiger charge is 2.42. The number of rotatable bonds is 3. The molecule has 0 atom stereocenters. The number of nitrogens with one attached hydrogen (secondary N) is 1. The van der Waals surface area contributed by atoms with E-state index in [0.29, 0.717) is 19.0 Å². The second-order valence-corrected chi connectivity index (χ2v) is 4.28. The fourth-order valence-electron chi connectivity index (χ4n) is 1.89. The van der Waals surface area contributed by atoms with Gasteiger partial charge in [-0.3, -0.25) is 0 Å². The van der Waals surface area contributed by atoms with Crippen LogP contribution in [0.25, 0.3) is 11.4 Å². The highest BCUT2D eigenvalue weighted by atomic mass is 16.5. The number of hydrogen-bond acceptors (Lipinski definition) is 4. The van der Waals surface area contributed by atoms with E-state index >= 15 is 0 Å². The molecule has 3 rings (SSSR count). The lowest BCUT2D eigenvalue weighted by Crippen LogP contribution is -2.51. The third-order valence-corrected chi connectivity index (χ3v) is 3.06. The Balaban J connectivity index is 1.99. The Hall–Kier alpha value is -1.72. The van der Waals surface area contributed by atoms with Crippen LogP contribution in [-0.4, -0.2) is 39.9 Å². The van der Waals surface area contributed by atoms with Crippen LogP contribution in [0.1, 0.15) is 5.82 Å². The average molecular weight is 231 g/mol. The molecular weight excluding hydrogens is 218 g/mol. The van der Waals surface area contributed by atoms with Crippen LogP contribution in [0, 0.1) is 0 Å². The van der Waals surface area contributed by atoms with Gasteiger partial charge in [0.1, 0.15) is 5.82 Å². The molecule has 17 heavy (non-hydrogen) atoms. The molecule has 1 fully saturated rings. The third kappa shape index (κ3) is 1.64. The van der Waals surface area contributed by atoms with E-state index in [1.807, 2.05) is 24.4 Å². The van der Waals surface area contributed by atoms with Crippen molar-refractivity contribution in [2.75, 3.05) is 19.8 Å². The van der Waals surface area contributed by atoms with Crippen LogP contribution >= 0.6 is 0 Å². The summed E-state index contributed by atoms with van der Waals surface area (Å²) >= 11 is 0. The van der Waals surface area contributed by atoms with Gasteiger partial charge in [-0.2, -0.15) is 0 Å². The van der Waals surface area contributed by atoms with Crippen LogP contribution in [0.4, 0.5) is 0 Å². The van der Waals surface area contributed by atoms with Gasteiger partial charge in [0.15, 0.2) is 0 Å². The van der Waals surface area contributed by atoms with E-state index in [0.717, 1.165) is 11.4 Å². The van der Waals surface area contributed by atoms with Crippen LogP contribution < -0.4 is 0 Å². The van der Waals surface area contributed by atoms with E-state index < -0.39 is 5.41 Å². The molecule has 0 bridgehead atoms. The van der Waals surface area contributed by atoms with Crippen molar-refractivity contribution in [1.82, 2.24) is 15.0 Å². The number of ether oxygens (including phenoxy) is 1. The molecule has 0 amide bonds. The van der Waals surface area contributed by atoms with E-state index in [2.05, 4.69) is 15.0 Å². The molecule has 1 aliphatic heterocycles. The average Bonchev–Trinajstić information content (AvgIpc) is 2.82. The number of hydrogen-bond donors (Lipinski definition) is 2. The van der Waals surface area contributed by atoms with Gasteiger partial charge in [-0.25, -0.2) is 9.97 Å². The number of aliphatic hydroxyl groups is 1. The Kier molecular flexibility index (Phi) is 2.42. The molecule has 88 valence electrons. The standard InChI is InChI=1S/C12H13N3O2/c16-6-12(7-17-8-12)11-14-5-3-10(15-11)9-2-1-4-13-9/h1-5,13,16H,6-8H2. The molecule has 1 aliphatic rings. The maximum atomic E-state index is 9.44. The fourth-order valence-corrected chi connectivity index (χ4v) is 1.89. The second kappa shape index (κ2) is 3.94. The number of aromatic nitrogens is 3. The van der Waals surface area contributed by atoms with E-state index in [-0.39, 0.29) is 6.61 Å². The lowest BCUT2D eigenvalue weighted by atomic mass is 9.86. The minimum atomic E-state index is -0.414. The summed E-state index contributed by atoms with van der Waals surface area (Å²) < 4.78 is 5.17. The van der Waals surface area contributed by atoms with Gasteiger partial charge >= 0.3 is 0 Å². The monoisotopic (exact) mass is 231 g/mol. The minimum Gasteiger partial charge on any atom is -0.395 e. The number of aliphatic hydroxyl groups excluding tert-OH is 1. The van der Waals surface area contributed by atoms with Crippen molar-refractivity contribution in [3.63, 3.8) is 0 Å². The summed E-state index contributed by atoms with van der Waals surface area (Å²) in [6.45, 7) is 0.983. The summed E-state index contributed by atoms with van der Waals surface area (Å²) in [5.74, 6) is 0.651. The molecule has 5 heteroatoms. The van der Waals surface area contributed by atoms with Crippen LogP contribution in [0.3, 0.4) is 0 Å². The van der Waals surface area contributed by atoms with E-state index in [9.17, 15) is 5.11 Å². The predicted molar refractivity (Wildman–Crippen MR) is 61.4 cm³/mol. The maximum Gasteiger partial charge on any atom is 0.142 e. The number of H-pyrrole nitrogens is 1. The first-order valence-corrected chi connectivity index (χ1v) is 5.50. The van der Waals surface area contributed by atoms with Crippen molar-refractivity contribution >= 4 is 0 Å². The zero-order valence-corrected chi connectivity index (χ0v) is 9.26.